The van der Waals surface area contributed by atoms with E-state index in [9.17, 15) is 4.57 Å². The van der Waals surface area contributed by atoms with Crippen molar-refractivity contribution in [1.82, 2.24) is 0 Å². The lowest BCUT2D eigenvalue weighted by Crippen LogP contribution is -1.78. The van der Waals surface area contributed by atoms with Crippen molar-refractivity contribution < 1.29 is 14.4 Å². The molecule has 1 rings (SSSR count). The molecule has 0 unspecified atom stereocenters. The van der Waals surface area contributed by atoms with Gasteiger partial charge >= 0.3 is 7.60 Å². The van der Waals surface area contributed by atoms with Gasteiger partial charge in [0.2, 0.25) is 0 Å². The number of benzene rings is 1. The van der Waals surface area contributed by atoms with Crippen LogP contribution in [0.4, 0.5) is 0 Å². The summed E-state index contributed by atoms with van der Waals surface area (Å²) >= 11 is 0. The maximum Gasteiger partial charge on any atom is 0.349 e. The second-order valence-electron chi connectivity index (χ2n) is 2.76. The Morgan fingerprint density at radius 3 is 2.46 bits per heavy atom. The molecule has 0 amide bonds. The molecule has 0 fully saturated rings. The number of hydrogen-bond donors (Lipinski definition) is 2. The average Bonchev–Trinajstić information content (AvgIpc) is 2.01. The van der Waals surface area contributed by atoms with Crippen molar-refractivity contribution in [3.63, 3.8) is 0 Å². The van der Waals surface area contributed by atoms with E-state index in [1.165, 1.54) is 6.08 Å². The molecule has 1 aromatic rings. The SMILES string of the molecule is Cc1ccccc1C=CP(=O)(O)O. The Labute approximate surface area is 76.9 Å². The summed E-state index contributed by atoms with van der Waals surface area (Å²) in [7, 11) is -4.03. The Hall–Kier alpha value is -0.890. The molecule has 4 heteroatoms. The molecule has 0 aliphatic rings. The van der Waals surface area contributed by atoms with Crippen LogP contribution in [0.15, 0.2) is 30.1 Å². The highest BCUT2D eigenvalue weighted by Crippen LogP contribution is 2.36. The van der Waals surface area contributed by atoms with Crippen molar-refractivity contribution in [1.29, 1.82) is 0 Å². The molecule has 0 bridgehead atoms. The largest absolute Gasteiger partial charge is 0.349 e. The van der Waals surface area contributed by atoms with Gasteiger partial charge in [-0.3, -0.25) is 4.57 Å². The first-order valence-electron chi connectivity index (χ1n) is 3.79. The summed E-state index contributed by atoms with van der Waals surface area (Å²) in [5, 5.41) is 0. The van der Waals surface area contributed by atoms with Gasteiger partial charge in [-0.2, -0.15) is 0 Å². The van der Waals surface area contributed by atoms with Gasteiger partial charge in [-0.1, -0.05) is 24.3 Å². The van der Waals surface area contributed by atoms with E-state index in [-0.39, 0.29) is 0 Å². The predicted molar refractivity (Wildman–Crippen MR) is 52.3 cm³/mol. The number of hydrogen-bond acceptors (Lipinski definition) is 1. The topological polar surface area (TPSA) is 57.5 Å². The summed E-state index contributed by atoms with van der Waals surface area (Å²) in [6.45, 7) is 1.89. The third kappa shape index (κ3) is 3.55. The minimum absolute atomic E-state index is 0.825. The first-order valence-corrected chi connectivity index (χ1v) is 5.47. The molecule has 0 aromatic heterocycles. The molecular weight excluding hydrogens is 187 g/mol. The first-order chi connectivity index (χ1) is 5.99. The van der Waals surface area contributed by atoms with Crippen molar-refractivity contribution >= 4 is 13.7 Å². The fourth-order valence-corrected chi connectivity index (χ4v) is 1.31. The van der Waals surface area contributed by atoms with E-state index >= 15 is 0 Å². The minimum atomic E-state index is -4.03. The van der Waals surface area contributed by atoms with Crippen LogP contribution in [-0.4, -0.2) is 9.79 Å². The monoisotopic (exact) mass is 198 g/mol. The summed E-state index contributed by atoms with van der Waals surface area (Å²) in [4.78, 5) is 17.2. The van der Waals surface area contributed by atoms with Crippen LogP contribution in [0, 0.1) is 6.92 Å². The van der Waals surface area contributed by atoms with Crippen LogP contribution in [-0.2, 0) is 4.57 Å². The zero-order valence-corrected chi connectivity index (χ0v) is 8.11. The van der Waals surface area contributed by atoms with Crippen molar-refractivity contribution in [3.8, 4) is 0 Å². The first kappa shape index (κ1) is 10.2. The van der Waals surface area contributed by atoms with E-state index in [1.54, 1.807) is 0 Å². The van der Waals surface area contributed by atoms with Crippen LogP contribution in [0.25, 0.3) is 6.08 Å². The zero-order chi connectivity index (χ0) is 9.90. The van der Waals surface area contributed by atoms with Gasteiger partial charge in [-0.25, -0.2) is 0 Å². The lowest BCUT2D eigenvalue weighted by Gasteiger charge is -1.99. The second kappa shape index (κ2) is 3.88. The summed E-state index contributed by atoms with van der Waals surface area (Å²) in [6.07, 6.45) is 1.44. The highest BCUT2D eigenvalue weighted by Gasteiger charge is 2.05. The third-order valence-corrected chi connectivity index (χ3v) is 2.17. The Kier molecular flexibility index (Phi) is 3.04. The highest BCUT2D eigenvalue weighted by atomic mass is 31.2. The van der Waals surface area contributed by atoms with E-state index in [0.717, 1.165) is 16.9 Å². The van der Waals surface area contributed by atoms with Gasteiger partial charge in [-0.05, 0) is 24.1 Å². The Balaban J connectivity index is 2.93. The van der Waals surface area contributed by atoms with Crippen molar-refractivity contribution in [2.75, 3.05) is 0 Å². The van der Waals surface area contributed by atoms with Crippen molar-refractivity contribution in [2.24, 2.45) is 0 Å². The molecule has 0 aliphatic carbocycles. The highest BCUT2D eigenvalue weighted by molar-refractivity contribution is 7.55. The van der Waals surface area contributed by atoms with Crippen LogP contribution in [0.2, 0.25) is 0 Å². The lowest BCUT2D eigenvalue weighted by atomic mass is 10.1. The van der Waals surface area contributed by atoms with Gasteiger partial charge in [-0.15, -0.1) is 0 Å². The fraction of sp³-hybridized carbons (Fsp3) is 0.111. The maximum atomic E-state index is 10.5. The standard InChI is InChI=1S/C9H11O3P/c1-8-4-2-3-5-9(8)6-7-13(10,11)12/h2-7H,1H3,(H2,10,11,12). The molecule has 13 heavy (non-hydrogen) atoms. The van der Waals surface area contributed by atoms with Gasteiger partial charge in [0.25, 0.3) is 0 Å². The molecule has 3 nitrogen and oxygen atoms in total. The van der Waals surface area contributed by atoms with Gasteiger partial charge < -0.3 is 9.79 Å². The smallest absolute Gasteiger partial charge is 0.321 e. The maximum absolute atomic E-state index is 10.5. The van der Waals surface area contributed by atoms with Crippen LogP contribution in [0.3, 0.4) is 0 Å². The molecule has 1 aromatic carbocycles. The Morgan fingerprint density at radius 1 is 1.31 bits per heavy atom. The molecule has 0 saturated carbocycles. The average molecular weight is 198 g/mol. The summed E-state index contributed by atoms with van der Waals surface area (Å²) < 4.78 is 10.5. The quantitative estimate of drug-likeness (QED) is 0.716. The molecule has 70 valence electrons. The van der Waals surface area contributed by atoms with E-state index in [0.29, 0.717) is 0 Å². The lowest BCUT2D eigenvalue weighted by molar-refractivity contribution is 0.386. The second-order valence-corrected chi connectivity index (χ2v) is 4.24. The minimum Gasteiger partial charge on any atom is -0.321 e. The van der Waals surface area contributed by atoms with Crippen LogP contribution < -0.4 is 0 Å². The van der Waals surface area contributed by atoms with Crippen LogP contribution in [0.5, 0.6) is 0 Å². The van der Waals surface area contributed by atoms with Crippen molar-refractivity contribution in [2.45, 2.75) is 6.92 Å². The summed E-state index contributed by atoms with van der Waals surface area (Å²) in [6, 6.07) is 7.40. The molecule has 0 heterocycles. The van der Waals surface area contributed by atoms with Gasteiger partial charge in [0.05, 0.1) is 0 Å². The molecule has 0 aliphatic heterocycles. The Bertz CT molecular complexity index is 365. The fourth-order valence-electron chi connectivity index (χ4n) is 0.951. The van der Waals surface area contributed by atoms with Crippen molar-refractivity contribution in [3.05, 3.63) is 41.2 Å². The molecule has 2 N–H and O–H groups in total. The molecular formula is C9H11O3P. The van der Waals surface area contributed by atoms with Crippen LogP contribution >= 0.6 is 7.60 Å². The molecule has 0 radical (unpaired) electrons. The third-order valence-electron chi connectivity index (χ3n) is 1.64. The van der Waals surface area contributed by atoms with Gasteiger partial charge in [0, 0.05) is 5.82 Å². The zero-order valence-electron chi connectivity index (χ0n) is 7.21. The molecule has 0 spiro atoms. The summed E-state index contributed by atoms with van der Waals surface area (Å²) in [5.41, 5.74) is 1.82. The Morgan fingerprint density at radius 2 is 1.92 bits per heavy atom. The number of aryl methyl sites for hydroxylation is 1. The van der Waals surface area contributed by atoms with Gasteiger partial charge in [0.1, 0.15) is 0 Å². The summed E-state index contributed by atoms with van der Waals surface area (Å²) in [5.74, 6) is 0.912. The molecule has 0 atom stereocenters. The van der Waals surface area contributed by atoms with E-state index in [1.807, 2.05) is 31.2 Å². The van der Waals surface area contributed by atoms with Crippen LogP contribution in [0.1, 0.15) is 11.1 Å². The normalized spacial score (nSPS) is 12.2. The predicted octanol–water partition coefficient (Wildman–Crippen LogP) is 2.14. The van der Waals surface area contributed by atoms with Gasteiger partial charge in [0.15, 0.2) is 0 Å². The van der Waals surface area contributed by atoms with E-state index in [2.05, 4.69) is 0 Å². The van der Waals surface area contributed by atoms with E-state index < -0.39 is 7.60 Å². The molecule has 0 saturated heterocycles. The van der Waals surface area contributed by atoms with E-state index in [4.69, 9.17) is 9.79 Å². The number of rotatable bonds is 2.